The van der Waals surface area contributed by atoms with Crippen molar-refractivity contribution >= 4 is 0 Å². The van der Waals surface area contributed by atoms with E-state index >= 15 is 0 Å². The Labute approximate surface area is 79.6 Å². The maximum Gasteiger partial charge on any atom is 0.330 e. The van der Waals surface area contributed by atoms with Gasteiger partial charge in [0.25, 0.3) is 5.56 Å². The summed E-state index contributed by atoms with van der Waals surface area (Å²) < 4.78 is 6.61. The molecular weight excluding hydrogens is 184 g/mol. The summed E-state index contributed by atoms with van der Waals surface area (Å²) in [7, 11) is 0. The van der Waals surface area contributed by atoms with Gasteiger partial charge in [-0.25, -0.2) is 4.79 Å². The van der Waals surface area contributed by atoms with Crippen molar-refractivity contribution in [2.75, 3.05) is 6.61 Å². The molecule has 5 heteroatoms. The van der Waals surface area contributed by atoms with Crippen LogP contribution in [-0.4, -0.2) is 16.2 Å². The van der Waals surface area contributed by atoms with E-state index < -0.39 is 11.9 Å². The number of aromatic nitrogens is 2. The molecule has 0 spiro atoms. The molecule has 2 rings (SSSR count). The van der Waals surface area contributed by atoms with Crippen molar-refractivity contribution in [1.29, 1.82) is 0 Å². The Morgan fingerprint density at radius 3 is 3.00 bits per heavy atom. The highest BCUT2D eigenvalue weighted by atomic mass is 16.5. The van der Waals surface area contributed by atoms with Gasteiger partial charge in [0.05, 0.1) is 6.61 Å². The zero-order chi connectivity index (χ0) is 10.1. The molecule has 74 valence electrons. The second-order valence-corrected chi connectivity index (χ2v) is 3.13. The van der Waals surface area contributed by atoms with Crippen LogP contribution in [0, 0.1) is 6.92 Å². The average molecular weight is 194 g/mol. The lowest BCUT2D eigenvalue weighted by molar-refractivity contribution is 0.0719. The first-order chi connectivity index (χ1) is 6.68. The molecule has 0 saturated heterocycles. The first-order valence-electron chi connectivity index (χ1n) is 4.29. The SMILES string of the molecule is Cc1cn([C@@H]2C=CCO2)c(=O)[nH]c1=O. The molecule has 2 heterocycles. The number of aryl methyl sites for hydroxylation is 1. The third kappa shape index (κ3) is 1.42. The summed E-state index contributed by atoms with van der Waals surface area (Å²) in [6, 6.07) is 0. The summed E-state index contributed by atoms with van der Waals surface area (Å²) in [6.45, 7) is 2.14. The molecule has 0 radical (unpaired) electrons. The van der Waals surface area contributed by atoms with Crippen molar-refractivity contribution in [3.05, 3.63) is 44.8 Å². The number of rotatable bonds is 1. The molecule has 0 aliphatic carbocycles. The van der Waals surface area contributed by atoms with Crippen LogP contribution in [0.2, 0.25) is 0 Å². The summed E-state index contributed by atoms with van der Waals surface area (Å²) in [5.74, 6) is 0. The highest BCUT2D eigenvalue weighted by Gasteiger charge is 2.13. The second-order valence-electron chi connectivity index (χ2n) is 3.13. The molecule has 5 nitrogen and oxygen atoms in total. The highest BCUT2D eigenvalue weighted by Crippen LogP contribution is 2.12. The van der Waals surface area contributed by atoms with Crippen molar-refractivity contribution < 1.29 is 4.74 Å². The highest BCUT2D eigenvalue weighted by molar-refractivity contribution is 5.04. The first-order valence-corrected chi connectivity index (χ1v) is 4.29. The van der Waals surface area contributed by atoms with Gasteiger partial charge in [-0.1, -0.05) is 6.08 Å². The average Bonchev–Trinajstić information content (AvgIpc) is 2.64. The first kappa shape index (κ1) is 8.96. The van der Waals surface area contributed by atoms with Crippen molar-refractivity contribution in [2.45, 2.75) is 13.2 Å². The van der Waals surface area contributed by atoms with E-state index in [9.17, 15) is 9.59 Å². The molecule has 1 atom stereocenters. The lowest BCUT2D eigenvalue weighted by Crippen LogP contribution is -2.32. The van der Waals surface area contributed by atoms with E-state index in [0.717, 1.165) is 0 Å². The van der Waals surface area contributed by atoms with E-state index in [1.165, 1.54) is 10.8 Å². The molecule has 1 N–H and O–H groups in total. The summed E-state index contributed by atoms with van der Waals surface area (Å²) in [5, 5.41) is 0. The maximum absolute atomic E-state index is 11.4. The summed E-state index contributed by atoms with van der Waals surface area (Å²) in [5.41, 5.74) is -0.307. The zero-order valence-corrected chi connectivity index (χ0v) is 7.69. The fourth-order valence-corrected chi connectivity index (χ4v) is 1.33. The summed E-state index contributed by atoms with van der Waals surface area (Å²) in [6.07, 6.45) is 4.72. The van der Waals surface area contributed by atoms with E-state index in [0.29, 0.717) is 12.2 Å². The van der Waals surface area contributed by atoms with Gasteiger partial charge in [0, 0.05) is 11.8 Å². The maximum atomic E-state index is 11.4. The molecule has 0 bridgehead atoms. The minimum atomic E-state index is -0.447. The Morgan fingerprint density at radius 1 is 1.57 bits per heavy atom. The zero-order valence-electron chi connectivity index (χ0n) is 7.69. The predicted molar refractivity (Wildman–Crippen MR) is 50.2 cm³/mol. The van der Waals surface area contributed by atoms with E-state index in [-0.39, 0.29) is 5.56 Å². The minimum absolute atomic E-state index is 0.353. The largest absolute Gasteiger partial charge is 0.350 e. The molecule has 1 aromatic heterocycles. The van der Waals surface area contributed by atoms with Crippen LogP contribution in [-0.2, 0) is 4.74 Å². The lowest BCUT2D eigenvalue weighted by Gasteiger charge is -2.11. The van der Waals surface area contributed by atoms with Crippen LogP contribution in [0.3, 0.4) is 0 Å². The van der Waals surface area contributed by atoms with Crippen LogP contribution in [0.15, 0.2) is 27.9 Å². The minimum Gasteiger partial charge on any atom is -0.350 e. The van der Waals surface area contributed by atoms with Crippen LogP contribution in [0.25, 0.3) is 0 Å². The topological polar surface area (TPSA) is 64.1 Å². The number of H-pyrrole nitrogens is 1. The molecule has 0 unspecified atom stereocenters. The third-order valence-corrected chi connectivity index (χ3v) is 2.08. The second kappa shape index (κ2) is 3.26. The van der Waals surface area contributed by atoms with Gasteiger partial charge in [-0.15, -0.1) is 0 Å². The van der Waals surface area contributed by atoms with E-state index in [2.05, 4.69) is 4.98 Å². The Kier molecular flexibility index (Phi) is 2.09. The van der Waals surface area contributed by atoms with Crippen LogP contribution < -0.4 is 11.2 Å². The number of hydrogen-bond donors (Lipinski definition) is 1. The fourth-order valence-electron chi connectivity index (χ4n) is 1.33. The lowest BCUT2D eigenvalue weighted by atomic mass is 10.4. The van der Waals surface area contributed by atoms with Gasteiger partial charge in [0.15, 0.2) is 6.23 Å². The molecule has 1 aliphatic heterocycles. The van der Waals surface area contributed by atoms with E-state index in [4.69, 9.17) is 4.74 Å². The van der Waals surface area contributed by atoms with Gasteiger partial charge in [-0.2, -0.15) is 0 Å². The van der Waals surface area contributed by atoms with Crippen molar-refractivity contribution in [1.82, 2.24) is 9.55 Å². The van der Waals surface area contributed by atoms with Gasteiger partial charge in [-0.05, 0) is 13.0 Å². The molecule has 1 aliphatic rings. The summed E-state index contributed by atoms with van der Waals surface area (Å²) >= 11 is 0. The molecule has 0 amide bonds. The van der Waals surface area contributed by atoms with Crippen LogP contribution in [0.5, 0.6) is 0 Å². The number of nitrogens with one attached hydrogen (secondary N) is 1. The van der Waals surface area contributed by atoms with Gasteiger partial charge in [-0.3, -0.25) is 14.3 Å². The summed E-state index contributed by atoms with van der Waals surface area (Å²) in [4.78, 5) is 24.7. The predicted octanol–water partition coefficient (Wildman–Crippen LogP) is -0.0700. The smallest absolute Gasteiger partial charge is 0.330 e. The Hall–Kier alpha value is -1.62. The molecule has 1 aromatic rings. The number of aromatic amines is 1. The van der Waals surface area contributed by atoms with Crippen molar-refractivity contribution in [2.24, 2.45) is 0 Å². The number of nitrogens with zero attached hydrogens (tertiary/aromatic N) is 1. The molecule has 0 fully saturated rings. The quantitative estimate of drug-likeness (QED) is 0.636. The van der Waals surface area contributed by atoms with Crippen molar-refractivity contribution in [3.8, 4) is 0 Å². The van der Waals surface area contributed by atoms with Crippen LogP contribution in [0.4, 0.5) is 0 Å². The van der Waals surface area contributed by atoms with Crippen LogP contribution in [0.1, 0.15) is 11.8 Å². The number of hydrogen-bond acceptors (Lipinski definition) is 3. The van der Waals surface area contributed by atoms with Gasteiger partial charge in [0.1, 0.15) is 0 Å². The standard InChI is InChI=1S/C9H10N2O3/c1-6-5-11(7-3-2-4-14-7)9(13)10-8(6)12/h2-3,5,7H,4H2,1H3,(H,10,12,13)/t7-/m0/s1. The van der Waals surface area contributed by atoms with E-state index in [1.807, 2.05) is 6.08 Å². The van der Waals surface area contributed by atoms with Gasteiger partial charge < -0.3 is 4.74 Å². The molecular formula is C9H10N2O3. The normalized spacial score (nSPS) is 20.2. The Morgan fingerprint density at radius 2 is 2.36 bits per heavy atom. The fraction of sp³-hybridized carbons (Fsp3) is 0.333. The monoisotopic (exact) mass is 194 g/mol. The number of ether oxygens (including phenoxy) is 1. The molecule has 0 saturated carbocycles. The Bertz CT molecular complexity index is 484. The molecule has 0 aromatic carbocycles. The van der Waals surface area contributed by atoms with Crippen LogP contribution >= 0.6 is 0 Å². The van der Waals surface area contributed by atoms with E-state index in [1.54, 1.807) is 13.0 Å². The van der Waals surface area contributed by atoms with Gasteiger partial charge in [0.2, 0.25) is 0 Å². The Balaban J connectivity index is 2.53. The van der Waals surface area contributed by atoms with Crippen molar-refractivity contribution in [3.63, 3.8) is 0 Å². The van der Waals surface area contributed by atoms with Gasteiger partial charge >= 0.3 is 5.69 Å². The molecule has 14 heavy (non-hydrogen) atoms. The third-order valence-electron chi connectivity index (χ3n) is 2.08.